The second-order valence-corrected chi connectivity index (χ2v) is 4.59. The Labute approximate surface area is 112 Å². The molecule has 0 radical (unpaired) electrons. The van der Waals surface area contributed by atoms with Gasteiger partial charge in [-0.15, -0.1) is 0 Å². The van der Waals surface area contributed by atoms with Crippen molar-refractivity contribution >= 4 is 0 Å². The molecule has 0 amide bonds. The number of hydrogen-bond acceptors (Lipinski definition) is 4. The number of ether oxygens (including phenoxy) is 2. The summed E-state index contributed by atoms with van der Waals surface area (Å²) in [6.07, 6.45) is 1.73. The summed E-state index contributed by atoms with van der Waals surface area (Å²) in [5.74, 6) is 0.580. The Balaban J connectivity index is 1.59. The first-order valence-corrected chi connectivity index (χ1v) is 6.64. The van der Waals surface area contributed by atoms with Gasteiger partial charge < -0.3 is 19.9 Å². The van der Waals surface area contributed by atoms with Crippen LogP contribution in [0.2, 0.25) is 0 Å². The Morgan fingerprint density at radius 3 is 3.16 bits per heavy atom. The number of hydrogen-bond donors (Lipinski definition) is 2. The van der Waals surface area contributed by atoms with E-state index < -0.39 is 0 Å². The van der Waals surface area contributed by atoms with Gasteiger partial charge in [-0.1, -0.05) is 0 Å². The van der Waals surface area contributed by atoms with Gasteiger partial charge in [0.15, 0.2) is 0 Å². The molecule has 106 valence electrons. The lowest BCUT2D eigenvalue weighted by Crippen LogP contribution is -2.31. The van der Waals surface area contributed by atoms with Crippen LogP contribution >= 0.6 is 0 Å². The van der Waals surface area contributed by atoms with Crippen molar-refractivity contribution in [2.24, 2.45) is 0 Å². The summed E-state index contributed by atoms with van der Waals surface area (Å²) >= 11 is 0. The standard InChI is InChI=1S/C14H20FNO3/c15-12-2-3-14-11(8-12)9-13(19-14)10-16-4-1-6-18-7-5-17/h2-3,8,13,16-17H,1,4-7,9-10H2. The van der Waals surface area contributed by atoms with Crippen LogP contribution in [0.25, 0.3) is 0 Å². The van der Waals surface area contributed by atoms with E-state index in [1.54, 1.807) is 6.07 Å². The number of nitrogens with one attached hydrogen (secondary N) is 1. The van der Waals surface area contributed by atoms with Gasteiger partial charge in [0.05, 0.1) is 13.2 Å². The average Bonchev–Trinajstić information content (AvgIpc) is 2.79. The smallest absolute Gasteiger partial charge is 0.123 e. The van der Waals surface area contributed by atoms with Crippen LogP contribution in [-0.2, 0) is 11.2 Å². The van der Waals surface area contributed by atoms with Crippen LogP contribution in [0.1, 0.15) is 12.0 Å². The van der Waals surface area contributed by atoms with Crippen LogP contribution < -0.4 is 10.1 Å². The van der Waals surface area contributed by atoms with E-state index in [1.807, 2.05) is 0 Å². The highest BCUT2D eigenvalue weighted by atomic mass is 19.1. The summed E-state index contributed by atoms with van der Waals surface area (Å²) in [5.41, 5.74) is 0.943. The van der Waals surface area contributed by atoms with Crippen LogP contribution in [0.15, 0.2) is 18.2 Å². The van der Waals surface area contributed by atoms with Crippen molar-refractivity contribution in [3.05, 3.63) is 29.6 Å². The second kappa shape index (κ2) is 7.43. The van der Waals surface area contributed by atoms with Crippen LogP contribution in [0.4, 0.5) is 4.39 Å². The molecular weight excluding hydrogens is 249 g/mol. The summed E-state index contributed by atoms with van der Waals surface area (Å²) in [5, 5.41) is 11.8. The topological polar surface area (TPSA) is 50.7 Å². The van der Waals surface area contributed by atoms with E-state index in [0.717, 1.165) is 37.2 Å². The Hall–Kier alpha value is -1.17. The van der Waals surface area contributed by atoms with Crippen LogP contribution in [-0.4, -0.2) is 44.1 Å². The Morgan fingerprint density at radius 2 is 2.32 bits per heavy atom. The predicted molar refractivity (Wildman–Crippen MR) is 69.9 cm³/mol. The number of benzene rings is 1. The van der Waals surface area contributed by atoms with Crippen molar-refractivity contribution in [3.63, 3.8) is 0 Å². The summed E-state index contributed by atoms with van der Waals surface area (Å²) in [6, 6.07) is 4.65. The quantitative estimate of drug-likeness (QED) is 0.694. The molecule has 1 aliphatic heterocycles. The number of aliphatic hydroxyl groups excluding tert-OH is 1. The first-order valence-electron chi connectivity index (χ1n) is 6.64. The minimum atomic E-state index is -0.211. The zero-order chi connectivity index (χ0) is 13.5. The normalized spacial score (nSPS) is 17.3. The fraction of sp³-hybridized carbons (Fsp3) is 0.571. The first kappa shape index (κ1) is 14.2. The number of halogens is 1. The van der Waals surface area contributed by atoms with Crippen molar-refractivity contribution in [2.75, 3.05) is 32.9 Å². The maximum absolute atomic E-state index is 13.0. The van der Waals surface area contributed by atoms with Crippen LogP contribution in [0.5, 0.6) is 5.75 Å². The van der Waals surface area contributed by atoms with Gasteiger partial charge >= 0.3 is 0 Å². The van der Waals surface area contributed by atoms with Crippen molar-refractivity contribution in [2.45, 2.75) is 18.9 Å². The summed E-state index contributed by atoms with van der Waals surface area (Å²) in [6.45, 7) is 2.70. The number of aliphatic hydroxyl groups is 1. The van der Waals surface area contributed by atoms with E-state index in [1.165, 1.54) is 12.1 Å². The van der Waals surface area contributed by atoms with E-state index in [2.05, 4.69) is 5.32 Å². The third kappa shape index (κ3) is 4.45. The van der Waals surface area contributed by atoms with Crippen molar-refractivity contribution < 1.29 is 19.0 Å². The Kier molecular flexibility index (Phi) is 5.57. The zero-order valence-corrected chi connectivity index (χ0v) is 10.9. The molecule has 1 aliphatic rings. The van der Waals surface area contributed by atoms with Gasteiger partial charge in [-0.2, -0.15) is 0 Å². The maximum atomic E-state index is 13.0. The molecule has 1 aromatic carbocycles. The third-order valence-electron chi connectivity index (χ3n) is 3.01. The van der Waals surface area contributed by atoms with Crippen LogP contribution in [0, 0.1) is 5.82 Å². The maximum Gasteiger partial charge on any atom is 0.123 e. The summed E-state index contributed by atoms with van der Waals surface area (Å²) in [4.78, 5) is 0. The molecule has 2 rings (SSSR count). The number of fused-ring (bicyclic) bond motifs is 1. The zero-order valence-electron chi connectivity index (χ0n) is 10.9. The molecule has 0 saturated carbocycles. The van der Waals surface area contributed by atoms with Gasteiger partial charge in [-0.05, 0) is 31.2 Å². The van der Waals surface area contributed by atoms with E-state index in [4.69, 9.17) is 14.6 Å². The monoisotopic (exact) mass is 269 g/mol. The van der Waals surface area contributed by atoms with Crippen LogP contribution in [0.3, 0.4) is 0 Å². The highest BCUT2D eigenvalue weighted by Gasteiger charge is 2.22. The predicted octanol–water partition coefficient (Wildman–Crippen LogP) is 1.12. The van der Waals surface area contributed by atoms with Crippen molar-refractivity contribution in [1.82, 2.24) is 5.32 Å². The lowest BCUT2D eigenvalue weighted by molar-refractivity contribution is 0.0903. The van der Waals surface area contributed by atoms with Gasteiger partial charge in [-0.3, -0.25) is 0 Å². The third-order valence-corrected chi connectivity index (χ3v) is 3.01. The molecule has 4 nitrogen and oxygen atoms in total. The van der Waals surface area contributed by atoms with E-state index in [0.29, 0.717) is 13.2 Å². The van der Waals surface area contributed by atoms with Crippen molar-refractivity contribution in [3.8, 4) is 5.75 Å². The first-order chi connectivity index (χ1) is 9.29. The molecule has 0 fully saturated rings. The Bertz CT molecular complexity index is 400. The van der Waals surface area contributed by atoms with Gasteiger partial charge in [-0.25, -0.2) is 4.39 Å². The fourth-order valence-electron chi connectivity index (χ4n) is 2.13. The highest BCUT2D eigenvalue weighted by molar-refractivity contribution is 5.37. The largest absolute Gasteiger partial charge is 0.488 e. The molecule has 1 unspecified atom stereocenters. The van der Waals surface area contributed by atoms with E-state index >= 15 is 0 Å². The summed E-state index contributed by atoms with van der Waals surface area (Å²) in [7, 11) is 0. The summed E-state index contributed by atoms with van der Waals surface area (Å²) < 4.78 is 23.9. The van der Waals surface area contributed by atoms with Gasteiger partial charge in [0, 0.05) is 25.1 Å². The van der Waals surface area contributed by atoms with Gasteiger partial charge in [0.25, 0.3) is 0 Å². The fourth-order valence-corrected chi connectivity index (χ4v) is 2.13. The molecule has 0 spiro atoms. The van der Waals surface area contributed by atoms with E-state index in [9.17, 15) is 4.39 Å². The second-order valence-electron chi connectivity index (χ2n) is 4.59. The molecule has 19 heavy (non-hydrogen) atoms. The lowest BCUT2D eigenvalue weighted by atomic mass is 10.1. The highest BCUT2D eigenvalue weighted by Crippen LogP contribution is 2.28. The molecule has 5 heteroatoms. The molecule has 0 aliphatic carbocycles. The molecule has 1 heterocycles. The molecular formula is C14H20FNO3. The molecule has 2 N–H and O–H groups in total. The average molecular weight is 269 g/mol. The molecule has 0 aromatic heterocycles. The minimum absolute atomic E-state index is 0.0676. The SMILES string of the molecule is OCCOCCCNCC1Cc2cc(F)ccc2O1. The van der Waals surface area contributed by atoms with Gasteiger partial charge in [0.1, 0.15) is 17.7 Å². The number of rotatable bonds is 8. The lowest BCUT2D eigenvalue weighted by Gasteiger charge is -2.11. The molecule has 1 aromatic rings. The minimum Gasteiger partial charge on any atom is -0.488 e. The van der Waals surface area contributed by atoms with Gasteiger partial charge in [0.2, 0.25) is 0 Å². The molecule has 0 bridgehead atoms. The van der Waals surface area contributed by atoms with E-state index in [-0.39, 0.29) is 18.5 Å². The Morgan fingerprint density at radius 1 is 1.42 bits per heavy atom. The van der Waals surface area contributed by atoms with Crippen molar-refractivity contribution in [1.29, 1.82) is 0 Å². The molecule has 1 atom stereocenters. The molecule has 0 saturated heterocycles.